The average Bonchev–Trinajstić information content (AvgIpc) is 3.35. The summed E-state index contributed by atoms with van der Waals surface area (Å²) >= 11 is 6.82. The van der Waals surface area contributed by atoms with E-state index in [0.717, 1.165) is 33.8 Å². The number of nitrogens with zero attached hydrogens (tertiary/aromatic N) is 2. The molecule has 5 rings (SSSR count). The highest BCUT2D eigenvalue weighted by atomic mass is 32.1. The van der Waals surface area contributed by atoms with E-state index in [2.05, 4.69) is 15.6 Å². The highest BCUT2D eigenvalue weighted by Crippen LogP contribution is 2.27. The number of ether oxygens (including phenoxy) is 1. The number of anilines is 1. The summed E-state index contributed by atoms with van der Waals surface area (Å²) in [7, 11) is 0. The summed E-state index contributed by atoms with van der Waals surface area (Å²) in [4.78, 5) is 32.4. The molecule has 1 atom stereocenters. The maximum atomic E-state index is 12.9. The van der Waals surface area contributed by atoms with Gasteiger partial charge in [0.25, 0.3) is 0 Å². The van der Waals surface area contributed by atoms with Gasteiger partial charge in [0.05, 0.1) is 5.69 Å². The molecule has 180 valence electrons. The Kier molecular flexibility index (Phi) is 7.06. The third-order valence-electron chi connectivity index (χ3n) is 6.08. The number of carbonyl (C=O) groups is 2. The zero-order valence-electron chi connectivity index (χ0n) is 19.1. The standard InChI is InChI=1S/C26H26N4O3S2/c31-23(22-7-4-14-30(22)26(32)33-15-17-5-2-1-3-6-17)29-25-28-21(16-35-25)18-8-10-19(11-9-18)24(34)27-20-12-13-20/h1-3,5-6,8-11,16,20,22H,4,7,12-15H2,(H,27,34)(H,28,29,31)/t22-/m0/s1. The van der Waals surface area contributed by atoms with E-state index in [0.29, 0.717) is 24.1 Å². The Bertz CT molecular complexity index is 1210. The van der Waals surface area contributed by atoms with Crippen molar-refractivity contribution in [2.75, 3.05) is 11.9 Å². The summed E-state index contributed by atoms with van der Waals surface area (Å²) in [5.74, 6) is -0.244. The van der Waals surface area contributed by atoms with Crippen molar-refractivity contribution in [1.29, 1.82) is 0 Å². The molecule has 3 aromatic rings. The predicted molar refractivity (Wildman–Crippen MR) is 140 cm³/mol. The number of benzene rings is 2. The number of likely N-dealkylation sites (tertiary alicyclic amines) is 1. The van der Waals surface area contributed by atoms with Crippen LogP contribution < -0.4 is 10.6 Å². The van der Waals surface area contributed by atoms with E-state index in [1.54, 1.807) is 0 Å². The van der Waals surface area contributed by atoms with E-state index in [1.807, 2.05) is 60.0 Å². The van der Waals surface area contributed by atoms with Crippen molar-refractivity contribution in [3.8, 4) is 11.3 Å². The van der Waals surface area contributed by atoms with Crippen molar-refractivity contribution >= 4 is 45.7 Å². The largest absolute Gasteiger partial charge is 0.445 e. The Hall–Kier alpha value is -3.30. The van der Waals surface area contributed by atoms with Gasteiger partial charge in [0, 0.05) is 29.1 Å². The van der Waals surface area contributed by atoms with Crippen molar-refractivity contribution < 1.29 is 14.3 Å². The van der Waals surface area contributed by atoms with Gasteiger partial charge in [-0.15, -0.1) is 11.3 Å². The van der Waals surface area contributed by atoms with E-state index in [1.165, 1.54) is 29.1 Å². The molecule has 1 aromatic heterocycles. The van der Waals surface area contributed by atoms with E-state index >= 15 is 0 Å². The van der Waals surface area contributed by atoms with E-state index < -0.39 is 12.1 Å². The van der Waals surface area contributed by atoms with Gasteiger partial charge in [-0.1, -0.05) is 66.8 Å². The fourth-order valence-corrected chi connectivity index (χ4v) is 5.03. The van der Waals surface area contributed by atoms with E-state index in [4.69, 9.17) is 17.0 Å². The van der Waals surface area contributed by atoms with Gasteiger partial charge in [0.15, 0.2) is 5.13 Å². The Morgan fingerprint density at radius 1 is 1.09 bits per heavy atom. The molecule has 7 nitrogen and oxygen atoms in total. The van der Waals surface area contributed by atoms with Crippen LogP contribution in [0.4, 0.5) is 9.93 Å². The van der Waals surface area contributed by atoms with Crippen molar-refractivity contribution in [1.82, 2.24) is 15.2 Å². The van der Waals surface area contributed by atoms with Crippen LogP contribution in [0.15, 0.2) is 60.0 Å². The fourth-order valence-electron chi connectivity index (χ4n) is 4.00. The van der Waals surface area contributed by atoms with Crippen LogP contribution in [0, 0.1) is 0 Å². The Labute approximate surface area is 213 Å². The molecular formula is C26H26N4O3S2. The highest BCUT2D eigenvalue weighted by molar-refractivity contribution is 7.80. The number of aromatic nitrogens is 1. The molecule has 2 heterocycles. The molecule has 1 saturated carbocycles. The summed E-state index contributed by atoms with van der Waals surface area (Å²) in [5, 5.41) is 8.63. The number of amides is 2. The first kappa shape index (κ1) is 23.4. The SMILES string of the molecule is O=C(Nc1nc(-c2ccc(C(=S)NC3CC3)cc2)cs1)[C@@H]1CCCN1C(=O)OCc1ccccc1. The number of carbonyl (C=O) groups excluding carboxylic acids is 2. The molecule has 1 aliphatic carbocycles. The normalized spacial score (nSPS) is 17.1. The lowest BCUT2D eigenvalue weighted by Gasteiger charge is -2.22. The first-order valence-corrected chi connectivity index (χ1v) is 13.0. The highest BCUT2D eigenvalue weighted by Gasteiger charge is 2.35. The predicted octanol–water partition coefficient (Wildman–Crippen LogP) is 4.98. The van der Waals surface area contributed by atoms with Gasteiger partial charge >= 0.3 is 6.09 Å². The second-order valence-corrected chi connectivity index (χ2v) is 10.0. The molecule has 2 amide bonds. The molecule has 9 heteroatoms. The topological polar surface area (TPSA) is 83.6 Å². The van der Waals surface area contributed by atoms with Gasteiger partial charge in [0.1, 0.15) is 17.6 Å². The number of rotatable bonds is 7. The number of hydrogen-bond acceptors (Lipinski definition) is 6. The maximum Gasteiger partial charge on any atom is 0.410 e. The minimum Gasteiger partial charge on any atom is -0.445 e. The first-order chi connectivity index (χ1) is 17.1. The van der Waals surface area contributed by atoms with Gasteiger partial charge < -0.3 is 15.4 Å². The van der Waals surface area contributed by atoms with E-state index in [-0.39, 0.29) is 12.5 Å². The second kappa shape index (κ2) is 10.5. The third kappa shape index (κ3) is 5.86. The van der Waals surface area contributed by atoms with Gasteiger partial charge in [-0.2, -0.15) is 0 Å². The van der Waals surface area contributed by atoms with Crippen molar-refractivity contribution in [2.24, 2.45) is 0 Å². The molecule has 0 unspecified atom stereocenters. The number of thiocarbonyl (C=S) groups is 1. The van der Waals surface area contributed by atoms with Crippen LogP contribution in [0.1, 0.15) is 36.8 Å². The molecule has 2 N–H and O–H groups in total. The Balaban J connectivity index is 1.17. The number of thiazole rings is 1. The molecule has 1 aliphatic heterocycles. The lowest BCUT2D eigenvalue weighted by Crippen LogP contribution is -2.43. The quantitative estimate of drug-likeness (QED) is 0.440. The maximum absolute atomic E-state index is 12.9. The van der Waals surface area contributed by atoms with Crippen LogP contribution in [0.3, 0.4) is 0 Å². The van der Waals surface area contributed by atoms with Crippen molar-refractivity contribution in [3.05, 3.63) is 71.1 Å². The molecule has 2 aromatic carbocycles. The summed E-state index contributed by atoms with van der Waals surface area (Å²) < 4.78 is 5.44. The molecule has 35 heavy (non-hydrogen) atoms. The van der Waals surface area contributed by atoms with Crippen LogP contribution in [0.2, 0.25) is 0 Å². The molecule has 2 aliphatic rings. The van der Waals surface area contributed by atoms with Crippen LogP contribution >= 0.6 is 23.6 Å². The van der Waals surface area contributed by atoms with Crippen LogP contribution in [0.25, 0.3) is 11.3 Å². The summed E-state index contributed by atoms with van der Waals surface area (Å²) in [6.45, 7) is 0.680. The average molecular weight is 507 g/mol. The van der Waals surface area contributed by atoms with E-state index in [9.17, 15) is 9.59 Å². The lowest BCUT2D eigenvalue weighted by molar-refractivity contribution is -0.120. The molecule has 0 radical (unpaired) electrons. The molecular weight excluding hydrogens is 480 g/mol. The molecule has 0 spiro atoms. The summed E-state index contributed by atoms with van der Waals surface area (Å²) in [6, 6.07) is 17.4. The molecule has 1 saturated heterocycles. The third-order valence-corrected chi connectivity index (χ3v) is 7.20. The summed E-state index contributed by atoms with van der Waals surface area (Å²) in [6.07, 6.45) is 3.24. The van der Waals surface area contributed by atoms with Crippen LogP contribution in [-0.2, 0) is 16.1 Å². The van der Waals surface area contributed by atoms with Crippen LogP contribution in [-0.4, -0.2) is 45.5 Å². The number of nitrogens with one attached hydrogen (secondary N) is 2. The van der Waals surface area contributed by atoms with Gasteiger partial charge in [-0.25, -0.2) is 9.78 Å². The minimum atomic E-state index is -0.565. The lowest BCUT2D eigenvalue weighted by atomic mass is 10.1. The van der Waals surface area contributed by atoms with Crippen LogP contribution in [0.5, 0.6) is 0 Å². The molecule has 0 bridgehead atoms. The van der Waals surface area contributed by atoms with Gasteiger partial charge in [-0.05, 0) is 31.2 Å². The van der Waals surface area contributed by atoms with Gasteiger partial charge in [0.2, 0.25) is 5.91 Å². The van der Waals surface area contributed by atoms with Gasteiger partial charge in [-0.3, -0.25) is 9.69 Å². The fraction of sp³-hybridized carbons (Fsp3) is 0.308. The zero-order chi connectivity index (χ0) is 24.2. The first-order valence-electron chi connectivity index (χ1n) is 11.7. The second-order valence-electron chi connectivity index (χ2n) is 8.74. The Morgan fingerprint density at radius 2 is 1.86 bits per heavy atom. The zero-order valence-corrected chi connectivity index (χ0v) is 20.7. The Morgan fingerprint density at radius 3 is 2.60 bits per heavy atom. The molecule has 2 fully saturated rings. The minimum absolute atomic E-state index is 0.181. The number of hydrogen-bond donors (Lipinski definition) is 2. The van der Waals surface area contributed by atoms with Crippen molar-refractivity contribution in [2.45, 2.75) is 44.4 Å². The smallest absolute Gasteiger partial charge is 0.410 e. The van der Waals surface area contributed by atoms with Crippen molar-refractivity contribution in [3.63, 3.8) is 0 Å². The summed E-state index contributed by atoms with van der Waals surface area (Å²) in [5.41, 5.74) is 3.63. The monoisotopic (exact) mass is 506 g/mol.